The number of carbonyl (C=O) groups is 1. The first-order valence-electron chi connectivity index (χ1n) is 7.17. The fourth-order valence-electron chi connectivity index (χ4n) is 1.94. The van der Waals surface area contributed by atoms with Gasteiger partial charge in [-0.25, -0.2) is 9.17 Å². The molecular formula is C16H18N2O5S. The molecule has 7 nitrogen and oxygen atoms in total. The van der Waals surface area contributed by atoms with E-state index >= 15 is 0 Å². The number of hydrogen-bond acceptors (Lipinski definition) is 6. The minimum absolute atomic E-state index is 0.0220. The van der Waals surface area contributed by atoms with E-state index in [1.54, 1.807) is 24.3 Å². The van der Waals surface area contributed by atoms with Gasteiger partial charge >= 0.3 is 0 Å². The smallest absolute Gasteiger partial charge is 0.299 e. The van der Waals surface area contributed by atoms with Crippen molar-refractivity contribution in [1.29, 1.82) is 0 Å². The number of anilines is 1. The first-order valence-corrected chi connectivity index (χ1v) is 8.57. The van der Waals surface area contributed by atoms with Crippen molar-refractivity contribution in [3.8, 4) is 0 Å². The van der Waals surface area contributed by atoms with Crippen molar-refractivity contribution in [3.05, 3.63) is 53.7 Å². The van der Waals surface area contributed by atoms with E-state index in [-0.39, 0.29) is 17.2 Å². The Morgan fingerprint density at radius 2 is 1.92 bits per heavy atom. The summed E-state index contributed by atoms with van der Waals surface area (Å²) >= 11 is 0. The monoisotopic (exact) mass is 350 g/mol. The third-order valence-electron chi connectivity index (χ3n) is 3.09. The Hall–Kier alpha value is -2.29. The minimum atomic E-state index is -4.05. The summed E-state index contributed by atoms with van der Waals surface area (Å²) in [5.41, 5.74) is 1.48. The summed E-state index contributed by atoms with van der Waals surface area (Å²) in [7, 11) is -4.05. The molecule has 1 atom stereocenters. The van der Waals surface area contributed by atoms with Crippen molar-refractivity contribution in [1.82, 2.24) is 4.98 Å². The van der Waals surface area contributed by atoms with E-state index in [0.29, 0.717) is 11.4 Å². The number of hydrogen-bond donors (Lipinski definition) is 2. The van der Waals surface area contributed by atoms with Crippen molar-refractivity contribution in [2.45, 2.75) is 31.5 Å². The van der Waals surface area contributed by atoms with Crippen LogP contribution in [-0.4, -0.2) is 30.7 Å². The average Bonchev–Trinajstić information content (AvgIpc) is 2.48. The molecule has 0 fully saturated rings. The Morgan fingerprint density at radius 3 is 2.46 bits per heavy atom. The second-order valence-corrected chi connectivity index (χ2v) is 6.83. The number of aryl methyl sites for hydroxylation is 1. The Labute approximate surface area is 140 Å². The second-order valence-electron chi connectivity index (χ2n) is 5.26. The third-order valence-corrected chi connectivity index (χ3v) is 4.41. The molecule has 0 saturated heterocycles. The molecular weight excluding hydrogens is 332 g/mol. The summed E-state index contributed by atoms with van der Waals surface area (Å²) < 4.78 is 28.9. The van der Waals surface area contributed by atoms with Crippen LogP contribution in [0.4, 0.5) is 5.82 Å². The Kier molecular flexibility index (Phi) is 5.66. The van der Waals surface area contributed by atoms with Crippen molar-refractivity contribution in [2.24, 2.45) is 0 Å². The molecule has 1 aromatic heterocycles. The largest absolute Gasteiger partial charge is 0.367 e. The van der Waals surface area contributed by atoms with Gasteiger partial charge in [0.25, 0.3) is 10.1 Å². The van der Waals surface area contributed by atoms with Gasteiger partial charge in [-0.3, -0.25) is 4.79 Å². The molecule has 1 amide bonds. The van der Waals surface area contributed by atoms with E-state index in [4.69, 9.17) is 4.18 Å². The van der Waals surface area contributed by atoms with Gasteiger partial charge < -0.3 is 10.4 Å². The molecule has 0 saturated carbocycles. The van der Waals surface area contributed by atoms with Gasteiger partial charge in [-0.15, -0.1) is 0 Å². The van der Waals surface area contributed by atoms with Crippen LogP contribution in [0.5, 0.6) is 0 Å². The van der Waals surface area contributed by atoms with Gasteiger partial charge in [0.2, 0.25) is 5.91 Å². The summed E-state index contributed by atoms with van der Waals surface area (Å²) in [5.74, 6) is 0.122. The molecule has 0 unspecified atom stereocenters. The van der Waals surface area contributed by atoms with E-state index in [0.717, 1.165) is 5.56 Å². The van der Waals surface area contributed by atoms with Gasteiger partial charge in [0.15, 0.2) is 6.29 Å². The number of aromatic nitrogens is 1. The number of rotatable bonds is 6. The SMILES string of the molecule is CC(=O)Nc1ccc(C[C@H](O)OS(=O)(=O)c2ccc(C)cc2)cn1. The predicted octanol–water partition coefficient (Wildman–Crippen LogP) is 1.61. The summed E-state index contributed by atoms with van der Waals surface area (Å²) in [4.78, 5) is 14.9. The number of aliphatic hydroxyl groups excluding tert-OH is 1. The molecule has 24 heavy (non-hydrogen) atoms. The lowest BCUT2D eigenvalue weighted by molar-refractivity contribution is -0.114. The van der Waals surface area contributed by atoms with Crippen LogP contribution in [0.2, 0.25) is 0 Å². The van der Waals surface area contributed by atoms with Crippen LogP contribution in [0.3, 0.4) is 0 Å². The zero-order valence-corrected chi connectivity index (χ0v) is 14.1. The molecule has 8 heteroatoms. The van der Waals surface area contributed by atoms with Gasteiger partial charge in [0.05, 0.1) is 4.90 Å². The topological polar surface area (TPSA) is 106 Å². The fourth-order valence-corrected chi connectivity index (χ4v) is 2.88. The lowest BCUT2D eigenvalue weighted by Crippen LogP contribution is -2.20. The fraction of sp³-hybridized carbons (Fsp3) is 0.250. The number of benzene rings is 1. The lowest BCUT2D eigenvalue weighted by Gasteiger charge is -2.12. The van der Waals surface area contributed by atoms with Crippen LogP contribution in [-0.2, 0) is 25.5 Å². The number of pyridine rings is 1. The molecule has 1 heterocycles. The maximum atomic E-state index is 12.1. The Balaban J connectivity index is 2.00. The number of amides is 1. The molecule has 0 bridgehead atoms. The van der Waals surface area contributed by atoms with E-state index < -0.39 is 16.4 Å². The van der Waals surface area contributed by atoms with Crippen LogP contribution in [0.1, 0.15) is 18.1 Å². The van der Waals surface area contributed by atoms with E-state index in [1.165, 1.54) is 25.3 Å². The molecule has 0 aliphatic carbocycles. The van der Waals surface area contributed by atoms with Gasteiger partial charge in [0, 0.05) is 19.5 Å². The quantitative estimate of drug-likeness (QED) is 0.606. The highest BCUT2D eigenvalue weighted by Gasteiger charge is 2.20. The molecule has 2 aromatic rings. The van der Waals surface area contributed by atoms with E-state index in [1.807, 2.05) is 6.92 Å². The summed E-state index contributed by atoms with van der Waals surface area (Å²) in [6.07, 6.45) is -0.167. The first-order chi connectivity index (χ1) is 11.3. The number of nitrogens with zero attached hydrogens (tertiary/aromatic N) is 1. The van der Waals surface area contributed by atoms with Crippen LogP contribution in [0.15, 0.2) is 47.5 Å². The maximum absolute atomic E-state index is 12.1. The highest BCUT2D eigenvalue weighted by Crippen LogP contribution is 2.16. The van der Waals surface area contributed by atoms with Crippen molar-refractivity contribution in [3.63, 3.8) is 0 Å². The van der Waals surface area contributed by atoms with Gasteiger partial charge in [-0.05, 0) is 30.7 Å². The maximum Gasteiger partial charge on any atom is 0.299 e. The molecule has 128 valence electrons. The molecule has 0 spiro atoms. The van der Waals surface area contributed by atoms with E-state index in [9.17, 15) is 18.3 Å². The molecule has 0 aliphatic heterocycles. The second kappa shape index (κ2) is 7.52. The number of carbonyl (C=O) groups excluding carboxylic acids is 1. The highest BCUT2D eigenvalue weighted by molar-refractivity contribution is 7.86. The number of aliphatic hydroxyl groups is 1. The third kappa shape index (κ3) is 5.12. The Bertz CT molecular complexity index is 801. The minimum Gasteiger partial charge on any atom is -0.367 e. The van der Waals surface area contributed by atoms with Crippen LogP contribution < -0.4 is 5.32 Å². The lowest BCUT2D eigenvalue weighted by atomic mass is 10.2. The van der Waals surface area contributed by atoms with Crippen molar-refractivity contribution >= 4 is 21.8 Å². The van der Waals surface area contributed by atoms with Gasteiger partial charge in [-0.1, -0.05) is 23.8 Å². The normalized spacial score (nSPS) is 12.6. The first kappa shape index (κ1) is 18.1. The van der Waals surface area contributed by atoms with Crippen LogP contribution in [0, 0.1) is 6.92 Å². The van der Waals surface area contributed by atoms with Crippen LogP contribution in [0.25, 0.3) is 0 Å². The Morgan fingerprint density at radius 1 is 1.25 bits per heavy atom. The van der Waals surface area contributed by atoms with Crippen molar-refractivity contribution < 1.29 is 22.5 Å². The number of nitrogens with one attached hydrogen (secondary N) is 1. The average molecular weight is 350 g/mol. The van der Waals surface area contributed by atoms with Gasteiger partial charge in [0.1, 0.15) is 5.82 Å². The summed E-state index contributed by atoms with van der Waals surface area (Å²) in [6, 6.07) is 9.30. The molecule has 1 aromatic carbocycles. The van der Waals surface area contributed by atoms with Gasteiger partial charge in [-0.2, -0.15) is 8.42 Å². The zero-order valence-electron chi connectivity index (χ0n) is 13.3. The van der Waals surface area contributed by atoms with E-state index in [2.05, 4.69) is 10.3 Å². The van der Waals surface area contributed by atoms with Crippen molar-refractivity contribution in [2.75, 3.05) is 5.32 Å². The molecule has 0 aliphatic rings. The molecule has 2 rings (SSSR count). The van der Waals surface area contributed by atoms with Crippen LogP contribution >= 0.6 is 0 Å². The predicted molar refractivity (Wildman–Crippen MR) is 87.7 cm³/mol. The highest BCUT2D eigenvalue weighted by atomic mass is 32.2. The molecule has 2 N–H and O–H groups in total. The summed E-state index contributed by atoms with van der Waals surface area (Å²) in [5, 5.41) is 12.4. The molecule has 0 radical (unpaired) electrons. The summed E-state index contributed by atoms with van der Waals surface area (Å²) in [6.45, 7) is 3.20. The standard InChI is InChI=1S/C16H18N2O5S/c1-11-3-6-14(7-4-11)24(21,22)23-16(20)9-13-5-8-15(17-10-13)18-12(2)19/h3-8,10,16,20H,9H2,1-2H3,(H,17,18,19)/t16-/m1/s1. The zero-order chi connectivity index (χ0) is 17.7.